The normalized spacial score (nSPS) is 14.2. The molecule has 0 aliphatic heterocycles. The summed E-state index contributed by atoms with van der Waals surface area (Å²) >= 11 is 3.02. The van der Waals surface area contributed by atoms with E-state index < -0.39 is 11.1 Å². The van der Waals surface area contributed by atoms with Crippen molar-refractivity contribution in [1.82, 2.24) is 14.8 Å². The van der Waals surface area contributed by atoms with Gasteiger partial charge in [0, 0.05) is 18.0 Å². The summed E-state index contributed by atoms with van der Waals surface area (Å²) in [4.78, 5) is 27.6. The molecule has 108 valence electrons. The number of nitrogens with one attached hydrogen (secondary N) is 1. The summed E-state index contributed by atoms with van der Waals surface area (Å²) < 4.78 is 1.45. The van der Waals surface area contributed by atoms with Crippen molar-refractivity contribution in [1.29, 1.82) is 0 Å². The van der Waals surface area contributed by atoms with Crippen molar-refractivity contribution >= 4 is 23.1 Å². The van der Waals surface area contributed by atoms with Crippen LogP contribution >= 0.6 is 23.1 Å². The molecule has 8 heteroatoms. The van der Waals surface area contributed by atoms with Crippen molar-refractivity contribution in [2.24, 2.45) is 12.8 Å². The molecule has 6 nitrogen and oxygen atoms in total. The average molecular weight is 312 g/mol. The molecule has 0 aliphatic carbocycles. The summed E-state index contributed by atoms with van der Waals surface area (Å²) in [6, 6.07) is 1.93. The van der Waals surface area contributed by atoms with Gasteiger partial charge in [0.25, 0.3) is 0 Å². The second-order valence-electron chi connectivity index (χ2n) is 4.56. The number of hydrogen-bond acceptors (Lipinski definition) is 6. The Morgan fingerprint density at radius 3 is 2.75 bits per heavy atom. The fraction of sp³-hybridized carbons (Fsp3) is 0.417. The minimum atomic E-state index is -0.781. The highest BCUT2D eigenvalue weighted by molar-refractivity contribution is 7.99. The van der Waals surface area contributed by atoms with E-state index in [0.29, 0.717) is 5.16 Å². The van der Waals surface area contributed by atoms with Crippen LogP contribution < -0.4 is 16.9 Å². The molecule has 0 aliphatic rings. The lowest BCUT2D eigenvalue weighted by atomic mass is 10.1. The number of nitrogens with two attached hydrogens (primary N) is 1. The van der Waals surface area contributed by atoms with Crippen LogP contribution in [0, 0.1) is 6.92 Å². The zero-order valence-corrected chi connectivity index (χ0v) is 13.0. The Morgan fingerprint density at radius 2 is 2.20 bits per heavy atom. The fourth-order valence-electron chi connectivity index (χ4n) is 1.76. The lowest BCUT2D eigenvalue weighted by Gasteiger charge is -2.20. The maximum absolute atomic E-state index is 11.4. The van der Waals surface area contributed by atoms with Gasteiger partial charge in [0.2, 0.25) is 0 Å². The van der Waals surface area contributed by atoms with E-state index in [1.54, 1.807) is 18.4 Å². The molecule has 0 spiro atoms. The number of aromatic amines is 1. The van der Waals surface area contributed by atoms with Gasteiger partial charge in [-0.3, -0.25) is 19.4 Å². The van der Waals surface area contributed by atoms with Crippen LogP contribution in [-0.4, -0.2) is 20.8 Å². The molecule has 0 radical (unpaired) electrons. The van der Waals surface area contributed by atoms with Gasteiger partial charge in [0.15, 0.2) is 5.16 Å². The predicted molar refractivity (Wildman–Crippen MR) is 81.4 cm³/mol. The summed E-state index contributed by atoms with van der Waals surface area (Å²) in [5, 5.41) is 4.89. The van der Waals surface area contributed by atoms with Crippen LogP contribution in [0.3, 0.4) is 0 Å². The zero-order chi connectivity index (χ0) is 14.9. The second-order valence-corrected chi connectivity index (χ2v) is 6.62. The Kier molecular flexibility index (Phi) is 4.46. The standard InChI is InChI=1S/C12H16N4O2S2/c1-6-4-5-19-8(6)9(7(2)13)20-12-14-10(17)11(18)15-16(12)3/h4-5,7,9H,13H2,1-3H3,(H,15,18). The van der Waals surface area contributed by atoms with Gasteiger partial charge >= 0.3 is 11.1 Å². The first-order valence-corrected chi connectivity index (χ1v) is 7.79. The van der Waals surface area contributed by atoms with Crippen LogP contribution in [0.25, 0.3) is 0 Å². The number of rotatable bonds is 4. The summed E-state index contributed by atoms with van der Waals surface area (Å²) in [6.45, 7) is 3.95. The molecule has 2 heterocycles. The number of aromatic nitrogens is 3. The fourth-order valence-corrected chi connectivity index (χ4v) is 4.16. The Labute approximate surface area is 124 Å². The summed E-state index contributed by atoms with van der Waals surface area (Å²) in [5.41, 5.74) is 5.73. The lowest BCUT2D eigenvalue weighted by Crippen LogP contribution is -2.34. The van der Waals surface area contributed by atoms with Crippen LogP contribution in [0.5, 0.6) is 0 Å². The zero-order valence-electron chi connectivity index (χ0n) is 11.4. The van der Waals surface area contributed by atoms with E-state index >= 15 is 0 Å². The molecule has 20 heavy (non-hydrogen) atoms. The highest BCUT2D eigenvalue weighted by Crippen LogP contribution is 2.39. The van der Waals surface area contributed by atoms with E-state index in [-0.39, 0.29) is 11.3 Å². The number of hydrogen-bond donors (Lipinski definition) is 2. The molecule has 0 saturated heterocycles. The molecule has 0 saturated carbocycles. The topological polar surface area (TPSA) is 93.8 Å². The molecule has 3 N–H and O–H groups in total. The Hall–Kier alpha value is -1.38. The largest absolute Gasteiger partial charge is 0.339 e. The van der Waals surface area contributed by atoms with Gasteiger partial charge in [0.05, 0.1) is 5.25 Å². The maximum Gasteiger partial charge on any atom is 0.339 e. The molecule has 0 fully saturated rings. The van der Waals surface area contributed by atoms with Gasteiger partial charge in [-0.1, -0.05) is 11.8 Å². The number of aryl methyl sites for hydroxylation is 2. The Balaban J connectivity index is 2.40. The van der Waals surface area contributed by atoms with E-state index in [0.717, 1.165) is 4.88 Å². The van der Waals surface area contributed by atoms with Gasteiger partial charge in [0.1, 0.15) is 0 Å². The van der Waals surface area contributed by atoms with Gasteiger partial charge in [-0.15, -0.1) is 11.3 Å². The molecule has 2 atom stereocenters. The molecular formula is C12H16N4O2S2. The van der Waals surface area contributed by atoms with Crippen LogP contribution in [0.15, 0.2) is 26.2 Å². The molecule has 2 rings (SSSR count). The van der Waals surface area contributed by atoms with Crippen molar-refractivity contribution in [2.45, 2.75) is 30.3 Å². The van der Waals surface area contributed by atoms with Crippen molar-refractivity contribution < 1.29 is 0 Å². The van der Waals surface area contributed by atoms with Crippen LogP contribution in [-0.2, 0) is 7.05 Å². The van der Waals surface area contributed by atoms with Crippen LogP contribution in [0.2, 0.25) is 0 Å². The third kappa shape index (κ3) is 3.02. The number of H-pyrrole nitrogens is 1. The van der Waals surface area contributed by atoms with Crippen molar-refractivity contribution in [3.05, 3.63) is 42.6 Å². The number of thiophene rings is 1. The first-order valence-electron chi connectivity index (χ1n) is 6.03. The molecule has 0 bridgehead atoms. The van der Waals surface area contributed by atoms with Crippen molar-refractivity contribution in [3.63, 3.8) is 0 Å². The SMILES string of the molecule is Cc1ccsc1C(Sc1nc(=O)c(=O)[nH]n1C)C(C)N. The first-order chi connectivity index (χ1) is 9.40. The highest BCUT2D eigenvalue weighted by Gasteiger charge is 2.23. The monoisotopic (exact) mass is 312 g/mol. The number of nitrogens with zero attached hydrogens (tertiary/aromatic N) is 2. The molecule has 2 aromatic heterocycles. The molecule has 0 amide bonds. The van der Waals surface area contributed by atoms with Gasteiger partial charge in [-0.2, -0.15) is 4.98 Å². The molecule has 2 unspecified atom stereocenters. The highest BCUT2D eigenvalue weighted by atomic mass is 32.2. The Bertz CT molecular complexity index is 717. The van der Waals surface area contributed by atoms with Crippen molar-refractivity contribution in [3.8, 4) is 0 Å². The third-order valence-corrected chi connectivity index (χ3v) is 5.56. The molecule has 2 aromatic rings. The maximum atomic E-state index is 11.4. The summed E-state index contributed by atoms with van der Waals surface area (Å²) in [5.74, 6) is 0. The van der Waals surface area contributed by atoms with Crippen LogP contribution in [0.1, 0.15) is 22.6 Å². The summed E-state index contributed by atoms with van der Waals surface area (Å²) in [6.07, 6.45) is 0. The molecule has 0 aromatic carbocycles. The van der Waals surface area contributed by atoms with E-state index in [2.05, 4.69) is 10.1 Å². The summed E-state index contributed by atoms with van der Waals surface area (Å²) in [7, 11) is 1.65. The van der Waals surface area contributed by atoms with Crippen LogP contribution in [0.4, 0.5) is 0 Å². The smallest absolute Gasteiger partial charge is 0.327 e. The molecular weight excluding hydrogens is 296 g/mol. The van der Waals surface area contributed by atoms with Gasteiger partial charge in [-0.25, -0.2) is 0 Å². The third-order valence-electron chi connectivity index (χ3n) is 2.82. The van der Waals surface area contributed by atoms with E-state index in [1.165, 1.54) is 22.0 Å². The quantitative estimate of drug-likeness (QED) is 0.649. The van der Waals surface area contributed by atoms with Crippen molar-refractivity contribution in [2.75, 3.05) is 0 Å². The minimum absolute atomic E-state index is 0.0148. The minimum Gasteiger partial charge on any atom is -0.327 e. The van der Waals surface area contributed by atoms with Gasteiger partial charge < -0.3 is 5.73 Å². The predicted octanol–water partition coefficient (Wildman–Crippen LogP) is 1.02. The lowest BCUT2D eigenvalue weighted by molar-refractivity contribution is 0.592. The number of thioether (sulfide) groups is 1. The first kappa shape index (κ1) is 15.0. The van der Waals surface area contributed by atoms with Gasteiger partial charge in [-0.05, 0) is 30.9 Å². The Morgan fingerprint density at radius 1 is 1.50 bits per heavy atom. The van der Waals surface area contributed by atoms with E-state index in [9.17, 15) is 9.59 Å². The average Bonchev–Trinajstić information content (AvgIpc) is 2.78. The van der Waals surface area contributed by atoms with E-state index in [4.69, 9.17) is 5.73 Å². The second kappa shape index (κ2) is 5.94. The van der Waals surface area contributed by atoms with E-state index in [1.807, 2.05) is 25.3 Å².